The van der Waals surface area contributed by atoms with Crippen LogP contribution in [0.15, 0.2) is 59.3 Å². The van der Waals surface area contributed by atoms with Gasteiger partial charge in [0.1, 0.15) is 11.9 Å². The highest BCUT2D eigenvalue weighted by Crippen LogP contribution is 2.35. The van der Waals surface area contributed by atoms with Crippen molar-refractivity contribution in [1.29, 1.82) is 0 Å². The molecule has 0 aliphatic heterocycles. The lowest BCUT2D eigenvalue weighted by molar-refractivity contribution is 0.0941. The van der Waals surface area contributed by atoms with E-state index in [-0.39, 0.29) is 10.6 Å². The zero-order valence-corrected chi connectivity index (χ0v) is 18.7. The maximum absolute atomic E-state index is 12.6. The van der Waals surface area contributed by atoms with Crippen molar-refractivity contribution in [3.05, 3.63) is 65.6 Å². The minimum Gasteiger partial charge on any atom is -0.495 e. The molecule has 0 aromatic heterocycles. The van der Waals surface area contributed by atoms with Crippen LogP contribution in [0.1, 0.15) is 15.9 Å². The van der Waals surface area contributed by atoms with Crippen LogP contribution in [0.4, 0.5) is 5.69 Å². The second-order valence-electron chi connectivity index (χ2n) is 5.98. The number of hydrogen-bond donors (Lipinski definition) is 2. The van der Waals surface area contributed by atoms with E-state index in [2.05, 4.69) is 17.2 Å². The van der Waals surface area contributed by atoms with E-state index in [0.29, 0.717) is 11.3 Å². The summed E-state index contributed by atoms with van der Waals surface area (Å²) in [6.45, 7) is 5.08. The third-order valence-corrected chi connectivity index (χ3v) is 6.02. The molecule has 0 saturated carbocycles. The first-order valence-electron chi connectivity index (χ1n) is 8.25. The number of anilines is 1. The zero-order valence-electron chi connectivity index (χ0n) is 15.6. The number of alkyl halides is 3. The van der Waals surface area contributed by atoms with E-state index in [4.69, 9.17) is 39.5 Å². The van der Waals surface area contributed by atoms with Crippen molar-refractivity contribution in [3.8, 4) is 5.75 Å². The first-order valence-corrected chi connectivity index (χ1v) is 10.9. The molecule has 0 bridgehead atoms. The molecule has 1 unspecified atom stereocenters. The summed E-state index contributed by atoms with van der Waals surface area (Å²) < 4.78 is 27.3. The molecule has 0 aliphatic carbocycles. The predicted octanol–water partition coefficient (Wildman–Crippen LogP) is 4.46. The Morgan fingerprint density at radius 1 is 1.21 bits per heavy atom. The Morgan fingerprint density at radius 2 is 1.86 bits per heavy atom. The number of rotatable bonds is 7. The van der Waals surface area contributed by atoms with Gasteiger partial charge in [0.25, 0.3) is 5.91 Å². The minimum absolute atomic E-state index is 0.00993. The highest BCUT2D eigenvalue weighted by molar-refractivity contribution is 7.94. The van der Waals surface area contributed by atoms with Crippen molar-refractivity contribution in [2.45, 2.75) is 21.8 Å². The monoisotopic (exact) mass is 476 g/mol. The standard InChI is InChI=1S/C19H19Cl3N2O4S/c1-4-29(26,27)13-9-10-15(16(11-13)28-3)23-18(19(20,21)22)24-17(25)14-8-6-5-7-12(14)2/h4-11,18,23H,1H2,2-3H3,(H,24,25). The molecule has 1 amide bonds. The van der Waals surface area contributed by atoms with Crippen LogP contribution in [-0.2, 0) is 9.84 Å². The van der Waals surface area contributed by atoms with Crippen LogP contribution in [0.3, 0.4) is 0 Å². The number of benzene rings is 2. The number of ether oxygens (including phenoxy) is 1. The number of methoxy groups -OCH3 is 1. The van der Waals surface area contributed by atoms with Crippen LogP contribution in [0.2, 0.25) is 0 Å². The Kier molecular flexibility index (Phi) is 7.45. The summed E-state index contributed by atoms with van der Waals surface area (Å²) in [5.74, 6) is -0.269. The SMILES string of the molecule is C=CS(=O)(=O)c1ccc(NC(NC(=O)c2ccccc2C)C(Cl)(Cl)Cl)c(OC)c1. The lowest BCUT2D eigenvalue weighted by Crippen LogP contribution is -2.49. The van der Waals surface area contributed by atoms with Crippen LogP contribution < -0.4 is 15.4 Å². The maximum Gasteiger partial charge on any atom is 0.253 e. The number of halogens is 3. The van der Waals surface area contributed by atoms with E-state index < -0.39 is 25.7 Å². The number of nitrogens with one attached hydrogen (secondary N) is 2. The Morgan fingerprint density at radius 3 is 2.41 bits per heavy atom. The van der Waals surface area contributed by atoms with Crippen molar-refractivity contribution in [2.24, 2.45) is 0 Å². The number of sulfone groups is 1. The fourth-order valence-electron chi connectivity index (χ4n) is 2.46. The number of amides is 1. The quantitative estimate of drug-likeness (QED) is 0.454. The molecule has 2 rings (SSSR count). The Bertz CT molecular complexity index is 1020. The molecule has 0 saturated heterocycles. The lowest BCUT2D eigenvalue weighted by atomic mass is 10.1. The molecule has 0 heterocycles. The van der Waals surface area contributed by atoms with E-state index in [1.165, 1.54) is 25.3 Å². The van der Waals surface area contributed by atoms with Crippen LogP contribution in [0.5, 0.6) is 5.75 Å². The van der Waals surface area contributed by atoms with Gasteiger partial charge in [0.15, 0.2) is 9.84 Å². The van der Waals surface area contributed by atoms with Crippen molar-refractivity contribution >= 4 is 56.2 Å². The van der Waals surface area contributed by atoms with Crippen molar-refractivity contribution < 1.29 is 17.9 Å². The van der Waals surface area contributed by atoms with Crippen LogP contribution in [-0.4, -0.2) is 31.4 Å². The number of carbonyl (C=O) groups is 1. The van der Waals surface area contributed by atoms with Gasteiger partial charge in [-0.1, -0.05) is 59.6 Å². The van der Waals surface area contributed by atoms with Crippen molar-refractivity contribution in [2.75, 3.05) is 12.4 Å². The average Bonchev–Trinajstić information content (AvgIpc) is 2.67. The summed E-state index contributed by atoms with van der Waals surface area (Å²) in [4.78, 5) is 12.6. The van der Waals surface area contributed by atoms with Crippen molar-refractivity contribution in [1.82, 2.24) is 5.32 Å². The molecular formula is C19H19Cl3N2O4S. The third-order valence-electron chi connectivity index (χ3n) is 4.01. The first-order chi connectivity index (χ1) is 13.5. The van der Waals surface area contributed by atoms with Gasteiger partial charge in [-0.3, -0.25) is 4.79 Å². The molecular weight excluding hydrogens is 459 g/mol. The molecule has 0 spiro atoms. The Balaban J connectivity index is 2.35. The number of aryl methyl sites for hydroxylation is 1. The van der Waals surface area contributed by atoms with Gasteiger partial charge in [-0.25, -0.2) is 8.42 Å². The fraction of sp³-hybridized carbons (Fsp3) is 0.211. The number of hydrogen-bond acceptors (Lipinski definition) is 5. The zero-order chi connectivity index (χ0) is 21.8. The van der Waals surface area contributed by atoms with Gasteiger partial charge in [-0.2, -0.15) is 0 Å². The molecule has 0 fully saturated rings. The smallest absolute Gasteiger partial charge is 0.253 e. The molecule has 6 nitrogen and oxygen atoms in total. The molecule has 2 aromatic rings. The predicted molar refractivity (Wildman–Crippen MR) is 117 cm³/mol. The third kappa shape index (κ3) is 5.79. The molecule has 0 aliphatic rings. The minimum atomic E-state index is -3.66. The molecule has 0 radical (unpaired) electrons. The highest BCUT2D eigenvalue weighted by Gasteiger charge is 2.35. The maximum atomic E-state index is 12.6. The second-order valence-corrected chi connectivity index (χ2v) is 10.2. The van der Waals surface area contributed by atoms with E-state index in [9.17, 15) is 13.2 Å². The second kappa shape index (κ2) is 9.26. The lowest BCUT2D eigenvalue weighted by Gasteiger charge is -2.28. The van der Waals surface area contributed by atoms with Gasteiger partial charge in [0.05, 0.1) is 17.7 Å². The van der Waals surface area contributed by atoms with Gasteiger partial charge in [-0.15, -0.1) is 0 Å². The first kappa shape index (κ1) is 23.3. The van der Waals surface area contributed by atoms with E-state index >= 15 is 0 Å². The Labute approximate surface area is 184 Å². The summed E-state index contributed by atoms with van der Waals surface area (Å²) in [6, 6.07) is 11.1. The molecule has 1 atom stereocenters. The van der Waals surface area contributed by atoms with Gasteiger partial charge in [-0.05, 0) is 30.7 Å². The van der Waals surface area contributed by atoms with E-state index in [1.807, 2.05) is 0 Å². The van der Waals surface area contributed by atoms with Crippen LogP contribution in [0, 0.1) is 6.92 Å². The molecule has 156 valence electrons. The van der Waals surface area contributed by atoms with Gasteiger partial charge in [0.2, 0.25) is 3.79 Å². The molecule has 10 heteroatoms. The van der Waals surface area contributed by atoms with Crippen LogP contribution in [0.25, 0.3) is 0 Å². The summed E-state index contributed by atoms with van der Waals surface area (Å²) in [5, 5.41) is 6.35. The van der Waals surface area contributed by atoms with Gasteiger partial charge in [0, 0.05) is 17.0 Å². The number of carbonyl (C=O) groups excluding carboxylic acids is 1. The van der Waals surface area contributed by atoms with Crippen molar-refractivity contribution in [3.63, 3.8) is 0 Å². The summed E-state index contributed by atoms with van der Waals surface area (Å²) in [6.07, 6.45) is -1.14. The summed E-state index contributed by atoms with van der Waals surface area (Å²) >= 11 is 18.1. The van der Waals surface area contributed by atoms with Gasteiger partial charge >= 0.3 is 0 Å². The summed E-state index contributed by atoms with van der Waals surface area (Å²) in [5.41, 5.74) is 1.49. The average molecular weight is 478 g/mol. The molecule has 2 N–H and O–H groups in total. The van der Waals surface area contributed by atoms with E-state index in [1.54, 1.807) is 31.2 Å². The normalized spacial score (nSPS) is 12.7. The summed E-state index contributed by atoms with van der Waals surface area (Å²) in [7, 11) is -2.29. The van der Waals surface area contributed by atoms with E-state index in [0.717, 1.165) is 11.0 Å². The van der Waals surface area contributed by atoms with Crippen LogP contribution >= 0.6 is 34.8 Å². The topological polar surface area (TPSA) is 84.5 Å². The fourth-order valence-corrected chi connectivity index (χ4v) is 3.50. The molecule has 29 heavy (non-hydrogen) atoms. The molecule has 2 aromatic carbocycles. The van der Waals surface area contributed by atoms with Gasteiger partial charge < -0.3 is 15.4 Å². The highest BCUT2D eigenvalue weighted by atomic mass is 35.6. The largest absolute Gasteiger partial charge is 0.495 e. The Hall–Kier alpha value is -1.93.